The molecular weight excluding hydrogens is 404 g/mol. The van der Waals surface area contributed by atoms with Crippen molar-refractivity contribution in [2.45, 2.75) is 25.8 Å². The van der Waals surface area contributed by atoms with Crippen LogP contribution in [0.1, 0.15) is 23.1 Å². The van der Waals surface area contributed by atoms with Crippen molar-refractivity contribution < 1.29 is 19.1 Å². The molecular formula is C26H26N2O4. The maximum absolute atomic E-state index is 12.6. The Hall–Kier alpha value is -3.80. The van der Waals surface area contributed by atoms with Gasteiger partial charge < -0.3 is 19.7 Å². The second-order valence-corrected chi connectivity index (χ2v) is 7.72. The molecule has 0 saturated carbocycles. The Labute approximate surface area is 187 Å². The van der Waals surface area contributed by atoms with Crippen molar-refractivity contribution in [1.82, 2.24) is 0 Å². The Morgan fingerprint density at radius 3 is 2.44 bits per heavy atom. The Balaban J connectivity index is 1.47. The second kappa shape index (κ2) is 9.56. The molecule has 4 rings (SSSR count). The Morgan fingerprint density at radius 2 is 1.69 bits per heavy atom. The number of nitrogens with zero attached hydrogens (tertiary/aromatic N) is 1. The molecule has 0 aliphatic carbocycles. The standard InChI is InChI=1S/C26H26N2O4/c1-31-23-12-8-19(14-24(23)32-2)15-25(29)27-21-10-11-22-20(16-21)9-13-26(30)28(22)17-18-6-4-3-5-7-18/h3-8,10-12,14,16H,9,13,15,17H2,1-2H3,(H,27,29). The zero-order valence-electron chi connectivity index (χ0n) is 18.3. The number of hydrogen-bond donors (Lipinski definition) is 1. The first-order valence-corrected chi connectivity index (χ1v) is 10.6. The second-order valence-electron chi connectivity index (χ2n) is 7.72. The quantitative estimate of drug-likeness (QED) is 0.605. The summed E-state index contributed by atoms with van der Waals surface area (Å²) in [5, 5.41) is 2.97. The van der Waals surface area contributed by atoms with Crippen LogP contribution in [0.15, 0.2) is 66.7 Å². The summed E-state index contributed by atoms with van der Waals surface area (Å²) in [5.74, 6) is 1.22. The Bertz CT molecular complexity index is 1130. The molecule has 3 aromatic carbocycles. The van der Waals surface area contributed by atoms with Gasteiger partial charge in [-0.3, -0.25) is 9.59 Å². The van der Waals surface area contributed by atoms with Gasteiger partial charge in [0.25, 0.3) is 0 Å². The van der Waals surface area contributed by atoms with Crippen LogP contribution >= 0.6 is 0 Å². The van der Waals surface area contributed by atoms with Crippen LogP contribution in [-0.4, -0.2) is 26.0 Å². The van der Waals surface area contributed by atoms with Crippen molar-refractivity contribution in [2.24, 2.45) is 0 Å². The summed E-state index contributed by atoms with van der Waals surface area (Å²) >= 11 is 0. The fourth-order valence-corrected chi connectivity index (χ4v) is 3.96. The molecule has 0 atom stereocenters. The highest BCUT2D eigenvalue weighted by molar-refractivity contribution is 5.98. The minimum Gasteiger partial charge on any atom is -0.493 e. The van der Waals surface area contributed by atoms with E-state index in [1.807, 2.05) is 59.5 Å². The van der Waals surface area contributed by atoms with Gasteiger partial charge in [-0.15, -0.1) is 0 Å². The predicted octanol–water partition coefficient (Wildman–Crippen LogP) is 4.36. The van der Waals surface area contributed by atoms with Crippen LogP contribution in [0.5, 0.6) is 11.5 Å². The fraction of sp³-hybridized carbons (Fsp3) is 0.231. The van der Waals surface area contributed by atoms with Gasteiger partial charge in [0.05, 0.1) is 27.2 Å². The number of anilines is 2. The van der Waals surface area contributed by atoms with Gasteiger partial charge in [-0.05, 0) is 53.4 Å². The molecule has 0 spiro atoms. The van der Waals surface area contributed by atoms with Crippen LogP contribution in [0.2, 0.25) is 0 Å². The van der Waals surface area contributed by atoms with E-state index in [9.17, 15) is 9.59 Å². The van der Waals surface area contributed by atoms with Gasteiger partial charge in [0.15, 0.2) is 11.5 Å². The van der Waals surface area contributed by atoms with E-state index in [0.717, 1.165) is 28.1 Å². The van der Waals surface area contributed by atoms with E-state index in [-0.39, 0.29) is 18.2 Å². The Kier molecular flexibility index (Phi) is 6.40. The highest BCUT2D eigenvalue weighted by Crippen LogP contribution is 2.32. The van der Waals surface area contributed by atoms with Gasteiger partial charge in [-0.25, -0.2) is 0 Å². The molecule has 1 N–H and O–H groups in total. The van der Waals surface area contributed by atoms with Gasteiger partial charge in [0.1, 0.15) is 0 Å². The number of carbonyl (C=O) groups is 2. The molecule has 0 bridgehead atoms. The van der Waals surface area contributed by atoms with Gasteiger partial charge in [-0.1, -0.05) is 36.4 Å². The maximum Gasteiger partial charge on any atom is 0.228 e. The summed E-state index contributed by atoms with van der Waals surface area (Å²) in [6.45, 7) is 0.539. The smallest absolute Gasteiger partial charge is 0.228 e. The number of carbonyl (C=O) groups excluding carboxylic acids is 2. The van der Waals surface area contributed by atoms with Crippen molar-refractivity contribution in [3.63, 3.8) is 0 Å². The summed E-state index contributed by atoms with van der Waals surface area (Å²) in [5.41, 5.74) is 4.61. The van der Waals surface area contributed by atoms with E-state index < -0.39 is 0 Å². The lowest BCUT2D eigenvalue weighted by Crippen LogP contribution is -2.34. The molecule has 0 saturated heterocycles. The van der Waals surface area contributed by atoms with Gasteiger partial charge in [-0.2, -0.15) is 0 Å². The number of methoxy groups -OCH3 is 2. The van der Waals surface area contributed by atoms with Crippen molar-refractivity contribution >= 4 is 23.2 Å². The van der Waals surface area contributed by atoms with Crippen molar-refractivity contribution in [3.05, 3.63) is 83.4 Å². The zero-order chi connectivity index (χ0) is 22.5. The van der Waals surface area contributed by atoms with Crippen LogP contribution in [0, 0.1) is 0 Å². The molecule has 0 unspecified atom stereocenters. The fourth-order valence-electron chi connectivity index (χ4n) is 3.96. The number of aryl methyl sites for hydroxylation is 1. The number of amides is 2. The molecule has 1 aliphatic heterocycles. The van der Waals surface area contributed by atoms with Gasteiger partial charge in [0.2, 0.25) is 11.8 Å². The summed E-state index contributed by atoms with van der Waals surface area (Å²) in [4.78, 5) is 27.0. The number of rotatable bonds is 7. The summed E-state index contributed by atoms with van der Waals surface area (Å²) in [7, 11) is 3.15. The molecule has 0 aromatic heterocycles. The maximum atomic E-state index is 12.6. The topological polar surface area (TPSA) is 67.9 Å². The SMILES string of the molecule is COc1ccc(CC(=O)Nc2ccc3c(c2)CCC(=O)N3Cc2ccccc2)cc1OC. The molecule has 32 heavy (non-hydrogen) atoms. The van der Waals surface area contributed by atoms with E-state index >= 15 is 0 Å². The van der Waals surface area contributed by atoms with E-state index in [0.29, 0.717) is 30.9 Å². The Morgan fingerprint density at radius 1 is 0.906 bits per heavy atom. The lowest BCUT2D eigenvalue weighted by molar-refractivity contribution is -0.119. The lowest BCUT2D eigenvalue weighted by Gasteiger charge is -2.30. The number of fused-ring (bicyclic) bond motifs is 1. The summed E-state index contributed by atoms with van der Waals surface area (Å²) in [6.07, 6.45) is 1.35. The van der Waals surface area contributed by atoms with Gasteiger partial charge in [0, 0.05) is 17.8 Å². The summed E-state index contributed by atoms with van der Waals surface area (Å²) < 4.78 is 10.6. The van der Waals surface area contributed by atoms with E-state index in [2.05, 4.69) is 5.32 Å². The molecule has 6 nitrogen and oxygen atoms in total. The zero-order valence-corrected chi connectivity index (χ0v) is 18.3. The monoisotopic (exact) mass is 430 g/mol. The molecule has 3 aromatic rings. The largest absolute Gasteiger partial charge is 0.493 e. The predicted molar refractivity (Wildman–Crippen MR) is 124 cm³/mol. The van der Waals surface area contributed by atoms with E-state index in [4.69, 9.17) is 9.47 Å². The first-order valence-electron chi connectivity index (χ1n) is 10.6. The van der Waals surface area contributed by atoms with Crippen LogP contribution < -0.4 is 19.7 Å². The summed E-state index contributed by atoms with van der Waals surface area (Å²) in [6, 6.07) is 21.1. The van der Waals surface area contributed by atoms with Crippen LogP contribution in [0.4, 0.5) is 11.4 Å². The molecule has 0 radical (unpaired) electrons. The van der Waals surface area contributed by atoms with Crippen molar-refractivity contribution in [3.8, 4) is 11.5 Å². The highest BCUT2D eigenvalue weighted by Gasteiger charge is 2.24. The third kappa shape index (κ3) is 4.75. The lowest BCUT2D eigenvalue weighted by atomic mass is 9.99. The van der Waals surface area contributed by atoms with Crippen LogP contribution in [0.3, 0.4) is 0 Å². The molecule has 1 aliphatic rings. The number of benzene rings is 3. The minimum atomic E-state index is -0.120. The minimum absolute atomic E-state index is 0.117. The first kappa shape index (κ1) is 21.4. The van der Waals surface area contributed by atoms with Crippen molar-refractivity contribution in [2.75, 3.05) is 24.4 Å². The molecule has 6 heteroatoms. The van der Waals surface area contributed by atoms with Crippen molar-refractivity contribution in [1.29, 1.82) is 0 Å². The molecule has 2 amide bonds. The highest BCUT2D eigenvalue weighted by atomic mass is 16.5. The average molecular weight is 431 g/mol. The first-order chi connectivity index (χ1) is 15.6. The van der Waals surface area contributed by atoms with E-state index in [1.54, 1.807) is 26.4 Å². The van der Waals surface area contributed by atoms with E-state index in [1.165, 1.54) is 0 Å². The number of ether oxygens (including phenoxy) is 2. The average Bonchev–Trinajstić information content (AvgIpc) is 2.81. The number of hydrogen-bond acceptors (Lipinski definition) is 4. The normalized spacial score (nSPS) is 12.8. The van der Waals surface area contributed by atoms with Crippen LogP contribution in [0.25, 0.3) is 0 Å². The molecule has 164 valence electrons. The van der Waals surface area contributed by atoms with Gasteiger partial charge >= 0.3 is 0 Å². The third-order valence-electron chi connectivity index (χ3n) is 5.56. The molecule has 1 heterocycles. The van der Waals surface area contributed by atoms with Crippen LogP contribution in [-0.2, 0) is 29.0 Å². The third-order valence-corrected chi connectivity index (χ3v) is 5.56. The molecule has 0 fully saturated rings. The number of nitrogens with one attached hydrogen (secondary N) is 1.